The average molecular weight is 415 g/mol. The predicted octanol–water partition coefficient (Wildman–Crippen LogP) is 4.38. The van der Waals surface area contributed by atoms with Crippen molar-refractivity contribution in [3.05, 3.63) is 65.3 Å². The predicted molar refractivity (Wildman–Crippen MR) is 108 cm³/mol. The first-order chi connectivity index (χ1) is 14.1. The van der Waals surface area contributed by atoms with Crippen LogP contribution in [-0.4, -0.2) is 34.0 Å². The minimum absolute atomic E-state index is 0.0614. The first-order valence-electron chi connectivity index (χ1n) is 9.44. The molecule has 29 heavy (non-hydrogen) atoms. The number of piperidine rings is 1. The second kappa shape index (κ2) is 8.71. The van der Waals surface area contributed by atoms with Gasteiger partial charge in [-0.25, -0.2) is 4.39 Å². The molecule has 3 aromatic rings. The minimum Gasteiger partial charge on any atom is -0.338 e. The summed E-state index contributed by atoms with van der Waals surface area (Å²) >= 11 is 5.91. The van der Waals surface area contributed by atoms with Crippen LogP contribution in [0.25, 0.3) is 11.4 Å². The van der Waals surface area contributed by atoms with Crippen molar-refractivity contribution in [1.82, 2.24) is 15.0 Å². The molecule has 0 spiro atoms. The maximum absolute atomic E-state index is 13.0. The van der Waals surface area contributed by atoms with Crippen LogP contribution in [0.2, 0.25) is 5.02 Å². The van der Waals surface area contributed by atoms with E-state index >= 15 is 0 Å². The largest absolute Gasteiger partial charge is 0.338 e. The molecule has 0 radical (unpaired) electrons. The van der Waals surface area contributed by atoms with Gasteiger partial charge in [-0.3, -0.25) is 9.69 Å². The zero-order valence-corrected chi connectivity index (χ0v) is 16.4. The van der Waals surface area contributed by atoms with Gasteiger partial charge in [0.2, 0.25) is 17.6 Å². The summed E-state index contributed by atoms with van der Waals surface area (Å²) in [5.41, 5.74) is 1.43. The summed E-state index contributed by atoms with van der Waals surface area (Å²) in [5, 5.41) is 7.54. The Labute approximate surface area is 172 Å². The molecule has 0 aliphatic carbocycles. The number of likely N-dealkylation sites (tertiary alicyclic amines) is 1. The second-order valence-electron chi connectivity index (χ2n) is 7.09. The van der Waals surface area contributed by atoms with Crippen LogP contribution in [0, 0.1) is 11.7 Å². The smallest absolute Gasteiger partial charge is 0.241 e. The van der Waals surface area contributed by atoms with Gasteiger partial charge in [-0.2, -0.15) is 4.98 Å². The molecular formula is C21H20ClFN4O2. The van der Waals surface area contributed by atoms with E-state index in [4.69, 9.17) is 16.1 Å². The van der Waals surface area contributed by atoms with E-state index in [0.717, 1.165) is 24.9 Å². The fraction of sp³-hybridized carbons (Fsp3) is 0.286. The molecule has 1 fully saturated rings. The standard InChI is InChI=1S/C21H20ClFN4O2/c22-16-5-3-14(4-6-16)20-25-19(29-26-20)13-27-11-1-2-15(12-27)21(28)24-18-9-7-17(23)8-10-18/h3-10,15H,1-2,11-13H2,(H,24,28). The molecular weight excluding hydrogens is 395 g/mol. The van der Waals surface area contributed by atoms with E-state index in [9.17, 15) is 9.18 Å². The highest BCUT2D eigenvalue weighted by Gasteiger charge is 2.27. The van der Waals surface area contributed by atoms with Crippen LogP contribution >= 0.6 is 11.6 Å². The van der Waals surface area contributed by atoms with Crippen molar-refractivity contribution in [1.29, 1.82) is 0 Å². The zero-order chi connectivity index (χ0) is 20.2. The third-order valence-corrected chi connectivity index (χ3v) is 5.17. The Morgan fingerprint density at radius 2 is 1.97 bits per heavy atom. The number of nitrogens with one attached hydrogen (secondary N) is 1. The first kappa shape index (κ1) is 19.5. The summed E-state index contributed by atoms with van der Waals surface area (Å²) in [6, 6.07) is 13.0. The summed E-state index contributed by atoms with van der Waals surface area (Å²) in [5.74, 6) is 0.485. The molecule has 0 saturated carbocycles. The molecule has 0 bridgehead atoms. The lowest BCUT2D eigenvalue weighted by molar-refractivity contribution is -0.121. The fourth-order valence-electron chi connectivity index (χ4n) is 3.42. The quantitative estimate of drug-likeness (QED) is 0.670. The van der Waals surface area contributed by atoms with Gasteiger partial charge in [0.15, 0.2) is 0 Å². The Morgan fingerprint density at radius 3 is 2.72 bits per heavy atom. The van der Waals surface area contributed by atoms with Gasteiger partial charge in [-0.05, 0) is 67.9 Å². The number of amides is 1. The molecule has 6 nitrogen and oxygen atoms in total. The van der Waals surface area contributed by atoms with E-state index < -0.39 is 0 Å². The zero-order valence-electron chi connectivity index (χ0n) is 15.6. The summed E-state index contributed by atoms with van der Waals surface area (Å²) in [6.07, 6.45) is 1.71. The number of hydrogen-bond donors (Lipinski definition) is 1. The van der Waals surface area contributed by atoms with Gasteiger partial charge < -0.3 is 9.84 Å². The lowest BCUT2D eigenvalue weighted by Gasteiger charge is -2.30. The SMILES string of the molecule is O=C(Nc1ccc(F)cc1)C1CCCN(Cc2nc(-c3ccc(Cl)cc3)no2)C1. The number of halogens is 2. The number of anilines is 1. The number of hydrogen-bond acceptors (Lipinski definition) is 5. The molecule has 1 atom stereocenters. The van der Waals surface area contributed by atoms with Gasteiger partial charge in [0.1, 0.15) is 5.82 Å². The van der Waals surface area contributed by atoms with Crippen LogP contribution in [0.3, 0.4) is 0 Å². The molecule has 4 rings (SSSR count). The molecule has 1 saturated heterocycles. The Kier molecular flexibility index (Phi) is 5.87. The van der Waals surface area contributed by atoms with Crippen LogP contribution in [0.15, 0.2) is 53.1 Å². The maximum atomic E-state index is 13.0. The number of carbonyl (C=O) groups excluding carboxylic acids is 1. The first-order valence-corrected chi connectivity index (χ1v) is 9.82. The van der Waals surface area contributed by atoms with E-state index in [2.05, 4.69) is 20.4 Å². The molecule has 2 aromatic carbocycles. The topological polar surface area (TPSA) is 71.3 Å². The van der Waals surface area contributed by atoms with Crippen molar-refractivity contribution in [2.45, 2.75) is 19.4 Å². The van der Waals surface area contributed by atoms with Gasteiger partial charge in [-0.15, -0.1) is 0 Å². The van der Waals surface area contributed by atoms with Crippen molar-refractivity contribution in [2.75, 3.05) is 18.4 Å². The highest BCUT2D eigenvalue weighted by molar-refractivity contribution is 6.30. The van der Waals surface area contributed by atoms with Gasteiger partial charge >= 0.3 is 0 Å². The monoisotopic (exact) mass is 414 g/mol. The van der Waals surface area contributed by atoms with E-state index in [1.165, 1.54) is 12.1 Å². The Morgan fingerprint density at radius 1 is 1.21 bits per heavy atom. The minimum atomic E-state index is -0.329. The normalized spacial score (nSPS) is 17.2. The van der Waals surface area contributed by atoms with Gasteiger partial charge in [-0.1, -0.05) is 16.8 Å². The maximum Gasteiger partial charge on any atom is 0.241 e. The fourth-order valence-corrected chi connectivity index (χ4v) is 3.54. The van der Waals surface area contributed by atoms with E-state index in [1.54, 1.807) is 24.3 Å². The molecule has 1 N–H and O–H groups in total. The Balaban J connectivity index is 1.35. The lowest BCUT2D eigenvalue weighted by Crippen LogP contribution is -2.40. The number of nitrogens with zero attached hydrogens (tertiary/aromatic N) is 3. The van der Waals surface area contributed by atoms with E-state index in [-0.39, 0.29) is 17.6 Å². The molecule has 1 aliphatic heterocycles. The van der Waals surface area contributed by atoms with E-state index in [0.29, 0.717) is 35.5 Å². The van der Waals surface area contributed by atoms with Crippen molar-refractivity contribution in [3.63, 3.8) is 0 Å². The molecule has 150 valence electrons. The third kappa shape index (κ3) is 4.99. The van der Waals surface area contributed by atoms with Crippen LogP contribution in [-0.2, 0) is 11.3 Å². The van der Waals surface area contributed by atoms with Crippen molar-refractivity contribution >= 4 is 23.2 Å². The Bertz CT molecular complexity index is 975. The molecule has 2 heterocycles. The Hall–Kier alpha value is -2.77. The summed E-state index contributed by atoms with van der Waals surface area (Å²) in [6.45, 7) is 1.95. The summed E-state index contributed by atoms with van der Waals surface area (Å²) in [4.78, 5) is 19.2. The van der Waals surface area contributed by atoms with Gasteiger partial charge in [0, 0.05) is 22.8 Å². The molecule has 1 aromatic heterocycles. The summed E-state index contributed by atoms with van der Waals surface area (Å²) < 4.78 is 18.4. The van der Waals surface area contributed by atoms with Crippen LogP contribution in [0.1, 0.15) is 18.7 Å². The molecule has 1 amide bonds. The number of benzene rings is 2. The van der Waals surface area contributed by atoms with Crippen molar-refractivity contribution in [3.8, 4) is 11.4 Å². The second-order valence-corrected chi connectivity index (χ2v) is 7.53. The van der Waals surface area contributed by atoms with Gasteiger partial charge in [0.05, 0.1) is 12.5 Å². The van der Waals surface area contributed by atoms with Crippen LogP contribution < -0.4 is 5.32 Å². The molecule has 1 aliphatic rings. The molecule has 1 unspecified atom stereocenters. The van der Waals surface area contributed by atoms with Crippen LogP contribution in [0.4, 0.5) is 10.1 Å². The molecule has 8 heteroatoms. The number of aromatic nitrogens is 2. The van der Waals surface area contributed by atoms with Gasteiger partial charge in [0.25, 0.3) is 0 Å². The highest BCUT2D eigenvalue weighted by atomic mass is 35.5. The van der Waals surface area contributed by atoms with Crippen LogP contribution in [0.5, 0.6) is 0 Å². The third-order valence-electron chi connectivity index (χ3n) is 4.92. The van der Waals surface area contributed by atoms with Crippen molar-refractivity contribution in [2.24, 2.45) is 5.92 Å². The highest BCUT2D eigenvalue weighted by Crippen LogP contribution is 2.22. The van der Waals surface area contributed by atoms with Crippen molar-refractivity contribution < 1.29 is 13.7 Å². The number of rotatable bonds is 5. The van der Waals surface area contributed by atoms with E-state index in [1.807, 2.05) is 12.1 Å². The summed E-state index contributed by atoms with van der Waals surface area (Å²) in [7, 11) is 0. The lowest BCUT2D eigenvalue weighted by atomic mass is 9.97. The number of carbonyl (C=O) groups is 1. The average Bonchev–Trinajstić information content (AvgIpc) is 3.19.